The average Bonchev–Trinajstić information content (AvgIpc) is 2.95. The minimum absolute atomic E-state index is 0.178. The van der Waals surface area contributed by atoms with Gasteiger partial charge in [-0.25, -0.2) is 4.79 Å². The Morgan fingerprint density at radius 1 is 1.27 bits per heavy atom. The van der Waals surface area contributed by atoms with Crippen LogP contribution in [0, 0.1) is 0 Å². The largest absolute Gasteiger partial charge is 0.444 e. The van der Waals surface area contributed by atoms with Gasteiger partial charge in [-0.05, 0) is 53.2 Å². The number of carbonyl (C=O) groups excluding carboxylic acids is 1. The standard InChI is InChI=1S/C16H32N4O2/c1-16(2,3)22-15(21)20-11-9-19(10-12-20)8-4-6-18-14-5-7-17-13-14/h14,17-18H,4-13H2,1-3H3. The summed E-state index contributed by atoms with van der Waals surface area (Å²) in [5, 5.41) is 6.97. The minimum Gasteiger partial charge on any atom is -0.444 e. The summed E-state index contributed by atoms with van der Waals surface area (Å²) < 4.78 is 5.42. The highest BCUT2D eigenvalue weighted by Gasteiger charge is 2.25. The first-order valence-corrected chi connectivity index (χ1v) is 8.58. The molecule has 2 N–H and O–H groups in total. The first-order chi connectivity index (χ1) is 10.4. The molecular weight excluding hydrogens is 280 g/mol. The highest BCUT2D eigenvalue weighted by molar-refractivity contribution is 5.68. The molecule has 0 aromatic carbocycles. The normalized spacial score (nSPS) is 23.8. The molecular formula is C16H32N4O2. The molecule has 2 saturated heterocycles. The van der Waals surface area contributed by atoms with Gasteiger partial charge < -0.3 is 20.3 Å². The molecule has 0 aromatic heterocycles. The Balaban J connectivity index is 1.55. The number of rotatable bonds is 5. The van der Waals surface area contributed by atoms with Crippen LogP contribution in [0.4, 0.5) is 4.79 Å². The molecule has 1 atom stereocenters. The van der Waals surface area contributed by atoms with Crippen molar-refractivity contribution in [2.75, 3.05) is 52.4 Å². The fourth-order valence-electron chi connectivity index (χ4n) is 2.92. The van der Waals surface area contributed by atoms with E-state index in [1.165, 1.54) is 12.8 Å². The number of amides is 1. The predicted octanol–water partition coefficient (Wildman–Crippen LogP) is 0.881. The van der Waals surface area contributed by atoms with Gasteiger partial charge in [-0.15, -0.1) is 0 Å². The van der Waals surface area contributed by atoms with Crippen LogP contribution in [0.25, 0.3) is 0 Å². The van der Waals surface area contributed by atoms with E-state index in [1.54, 1.807) is 0 Å². The maximum atomic E-state index is 12.0. The zero-order valence-corrected chi connectivity index (χ0v) is 14.4. The lowest BCUT2D eigenvalue weighted by atomic mass is 10.2. The predicted molar refractivity (Wildman–Crippen MR) is 88.1 cm³/mol. The van der Waals surface area contributed by atoms with Crippen molar-refractivity contribution in [3.63, 3.8) is 0 Å². The molecule has 2 rings (SSSR count). The Bertz CT molecular complexity index is 343. The molecule has 1 unspecified atom stereocenters. The molecule has 128 valence electrons. The van der Waals surface area contributed by atoms with Gasteiger partial charge >= 0.3 is 6.09 Å². The van der Waals surface area contributed by atoms with Crippen LogP contribution < -0.4 is 10.6 Å². The summed E-state index contributed by atoms with van der Waals surface area (Å²) in [7, 11) is 0. The van der Waals surface area contributed by atoms with E-state index in [1.807, 2.05) is 25.7 Å². The second-order valence-corrected chi connectivity index (χ2v) is 7.31. The molecule has 1 amide bonds. The van der Waals surface area contributed by atoms with E-state index in [2.05, 4.69) is 15.5 Å². The monoisotopic (exact) mass is 312 g/mol. The smallest absolute Gasteiger partial charge is 0.410 e. The summed E-state index contributed by atoms with van der Waals surface area (Å²) in [6.45, 7) is 13.6. The van der Waals surface area contributed by atoms with Crippen LogP contribution in [-0.4, -0.2) is 79.9 Å². The fourth-order valence-corrected chi connectivity index (χ4v) is 2.92. The zero-order valence-electron chi connectivity index (χ0n) is 14.4. The van der Waals surface area contributed by atoms with Crippen LogP contribution in [0.1, 0.15) is 33.6 Å². The Hall–Kier alpha value is -0.850. The number of nitrogens with zero attached hydrogens (tertiary/aromatic N) is 2. The first-order valence-electron chi connectivity index (χ1n) is 8.58. The van der Waals surface area contributed by atoms with Gasteiger partial charge in [0.1, 0.15) is 5.60 Å². The van der Waals surface area contributed by atoms with Crippen LogP contribution in [0.15, 0.2) is 0 Å². The SMILES string of the molecule is CC(C)(C)OC(=O)N1CCN(CCCNC2CCNC2)CC1. The number of ether oxygens (including phenoxy) is 1. The Morgan fingerprint density at radius 3 is 2.59 bits per heavy atom. The van der Waals surface area contributed by atoms with Crippen LogP contribution in [0.2, 0.25) is 0 Å². The number of piperazine rings is 1. The van der Waals surface area contributed by atoms with E-state index >= 15 is 0 Å². The summed E-state index contributed by atoms with van der Waals surface area (Å²) in [4.78, 5) is 16.3. The fraction of sp³-hybridized carbons (Fsp3) is 0.938. The molecule has 0 aromatic rings. The van der Waals surface area contributed by atoms with E-state index in [4.69, 9.17) is 4.74 Å². The Labute approximate surface area is 134 Å². The second kappa shape index (κ2) is 8.13. The second-order valence-electron chi connectivity index (χ2n) is 7.31. The third-order valence-corrected chi connectivity index (χ3v) is 4.17. The molecule has 2 fully saturated rings. The average molecular weight is 312 g/mol. The topological polar surface area (TPSA) is 56.8 Å². The van der Waals surface area contributed by atoms with Crippen molar-refractivity contribution in [2.45, 2.75) is 45.3 Å². The van der Waals surface area contributed by atoms with Crippen molar-refractivity contribution in [2.24, 2.45) is 0 Å². The van der Waals surface area contributed by atoms with Crippen LogP contribution in [-0.2, 0) is 4.74 Å². The molecule has 2 aliphatic heterocycles. The van der Waals surface area contributed by atoms with Crippen LogP contribution in [0.3, 0.4) is 0 Å². The van der Waals surface area contributed by atoms with E-state index in [9.17, 15) is 4.79 Å². The molecule has 0 spiro atoms. The maximum absolute atomic E-state index is 12.0. The lowest BCUT2D eigenvalue weighted by Gasteiger charge is -2.35. The van der Waals surface area contributed by atoms with E-state index in [-0.39, 0.29) is 6.09 Å². The maximum Gasteiger partial charge on any atom is 0.410 e. The molecule has 22 heavy (non-hydrogen) atoms. The number of hydrogen-bond donors (Lipinski definition) is 2. The van der Waals surface area contributed by atoms with Gasteiger partial charge in [0, 0.05) is 38.8 Å². The number of hydrogen-bond acceptors (Lipinski definition) is 5. The summed E-state index contributed by atoms with van der Waals surface area (Å²) in [6, 6.07) is 0.656. The summed E-state index contributed by atoms with van der Waals surface area (Å²) in [6.07, 6.45) is 2.24. The van der Waals surface area contributed by atoms with E-state index < -0.39 is 5.60 Å². The van der Waals surface area contributed by atoms with Gasteiger partial charge in [0.15, 0.2) is 0 Å². The van der Waals surface area contributed by atoms with E-state index in [0.717, 1.165) is 52.4 Å². The molecule has 2 heterocycles. The van der Waals surface area contributed by atoms with Gasteiger partial charge in [-0.3, -0.25) is 4.90 Å². The van der Waals surface area contributed by atoms with Gasteiger partial charge in [-0.2, -0.15) is 0 Å². The molecule has 6 nitrogen and oxygen atoms in total. The highest BCUT2D eigenvalue weighted by atomic mass is 16.6. The molecule has 2 aliphatic rings. The lowest BCUT2D eigenvalue weighted by molar-refractivity contribution is 0.0144. The van der Waals surface area contributed by atoms with Gasteiger partial charge in [0.2, 0.25) is 0 Å². The minimum atomic E-state index is -0.408. The molecule has 0 aliphatic carbocycles. The van der Waals surface area contributed by atoms with Crippen molar-refractivity contribution in [1.29, 1.82) is 0 Å². The van der Waals surface area contributed by atoms with Crippen molar-refractivity contribution in [3.05, 3.63) is 0 Å². The van der Waals surface area contributed by atoms with Gasteiger partial charge in [-0.1, -0.05) is 0 Å². The van der Waals surface area contributed by atoms with E-state index in [0.29, 0.717) is 6.04 Å². The highest BCUT2D eigenvalue weighted by Crippen LogP contribution is 2.12. The Morgan fingerprint density at radius 2 is 2.00 bits per heavy atom. The third kappa shape index (κ3) is 6.10. The molecule has 0 radical (unpaired) electrons. The third-order valence-electron chi connectivity index (χ3n) is 4.17. The van der Waals surface area contributed by atoms with Crippen molar-refractivity contribution in [3.8, 4) is 0 Å². The summed E-state index contributed by atoms with van der Waals surface area (Å²) in [5.74, 6) is 0. The molecule has 0 bridgehead atoms. The number of carbonyl (C=O) groups is 1. The van der Waals surface area contributed by atoms with Gasteiger partial charge in [0.05, 0.1) is 0 Å². The molecule has 6 heteroatoms. The van der Waals surface area contributed by atoms with Crippen molar-refractivity contribution in [1.82, 2.24) is 20.4 Å². The quantitative estimate of drug-likeness (QED) is 0.738. The van der Waals surface area contributed by atoms with Crippen molar-refractivity contribution < 1.29 is 9.53 Å². The van der Waals surface area contributed by atoms with Crippen LogP contribution in [0.5, 0.6) is 0 Å². The Kier molecular flexibility index (Phi) is 6.47. The zero-order chi connectivity index (χ0) is 16.0. The molecule has 0 saturated carbocycles. The lowest BCUT2D eigenvalue weighted by Crippen LogP contribution is -2.50. The van der Waals surface area contributed by atoms with Crippen molar-refractivity contribution >= 4 is 6.09 Å². The van der Waals surface area contributed by atoms with Gasteiger partial charge in [0.25, 0.3) is 0 Å². The number of nitrogens with one attached hydrogen (secondary N) is 2. The summed E-state index contributed by atoms with van der Waals surface area (Å²) >= 11 is 0. The van der Waals surface area contributed by atoms with Crippen LogP contribution >= 0.6 is 0 Å². The summed E-state index contributed by atoms with van der Waals surface area (Å²) in [5.41, 5.74) is -0.408. The first kappa shape index (κ1) is 17.5.